The zero-order valence-electron chi connectivity index (χ0n) is 14.4. The number of hydrogen-bond donors (Lipinski definition) is 0. The van der Waals surface area contributed by atoms with Gasteiger partial charge in [0.05, 0.1) is 11.5 Å². The van der Waals surface area contributed by atoms with Gasteiger partial charge in [-0.2, -0.15) is 0 Å². The first-order valence-corrected chi connectivity index (χ1v) is 8.47. The molecule has 0 aromatic heterocycles. The van der Waals surface area contributed by atoms with Crippen molar-refractivity contribution in [3.63, 3.8) is 0 Å². The van der Waals surface area contributed by atoms with Crippen LogP contribution in [0.15, 0.2) is 65.7 Å². The SMILES string of the molecule is COC1(c2ccccc2)C(C2=NC(C)(C)CO2)C1c1ccccc1. The predicted molar refractivity (Wildman–Crippen MR) is 95.3 cm³/mol. The molecule has 0 spiro atoms. The highest BCUT2D eigenvalue weighted by atomic mass is 16.5. The Bertz CT molecular complexity index is 754. The van der Waals surface area contributed by atoms with E-state index in [1.54, 1.807) is 7.11 Å². The van der Waals surface area contributed by atoms with Gasteiger partial charge in [-0.05, 0) is 25.0 Å². The van der Waals surface area contributed by atoms with Crippen molar-refractivity contribution in [3.8, 4) is 0 Å². The molecule has 3 unspecified atom stereocenters. The molecule has 3 nitrogen and oxygen atoms in total. The molecule has 3 heteroatoms. The zero-order valence-corrected chi connectivity index (χ0v) is 14.4. The molecule has 0 bridgehead atoms. The number of hydrogen-bond acceptors (Lipinski definition) is 3. The Kier molecular flexibility index (Phi) is 3.50. The lowest BCUT2D eigenvalue weighted by Gasteiger charge is -2.17. The van der Waals surface area contributed by atoms with Crippen molar-refractivity contribution in [3.05, 3.63) is 71.8 Å². The summed E-state index contributed by atoms with van der Waals surface area (Å²) in [6.45, 7) is 4.85. The van der Waals surface area contributed by atoms with Crippen molar-refractivity contribution in [2.24, 2.45) is 10.9 Å². The van der Waals surface area contributed by atoms with Gasteiger partial charge in [0, 0.05) is 13.0 Å². The Morgan fingerprint density at radius 2 is 1.58 bits per heavy atom. The van der Waals surface area contributed by atoms with Crippen molar-refractivity contribution in [2.75, 3.05) is 13.7 Å². The molecule has 2 aromatic carbocycles. The Labute approximate surface area is 143 Å². The van der Waals surface area contributed by atoms with Gasteiger partial charge in [-0.1, -0.05) is 60.7 Å². The molecule has 3 atom stereocenters. The van der Waals surface area contributed by atoms with Gasteiger partial charge >= 0.3 is 0 Å². The van der Waals surface area contributed by atoms with Gasteiger partial charge in [-0.3, -0.25) is 0 Å². The number of ether oxygens (including phenoxy) is 2. The molecule has 1 heterocycles. The van der Waals surface area contributed by atoms with E-state index < -0.39 is 5.60 Å². The fourth-order valence-electron chi connectivity index (χ4n) is 3.99. The fraction of sp³-hybridized carbons (Fsp3) is 0.381. The van der Waals surface area contributed by atoms with E-state index in [4.69, 9.17) is 14.5 Å². The molecule has 1 aliphatic carbocycles. The average Bonchev–Trinajstić information content (AvgIpc) is 3.18. The van der Waals surface area contributed by atoms with Gasteiger partial charge < -0.3 is 9.47 Å². The third kappa shape index (κ3) is 2.27. The van der Waals surface area contributed by atoms with E-state index in [1.807, 2.05) is 12.1 Å². The van der Waals surface area contributed by atoms with E-state index in [0.29, 0.717) is 6.61 Å². The highest BCUT2D eigenvalue weighted by Crippen LogP contribution is 2.67. The molecule has 124 valence electrons. The summed E-state index contributed by atoms with van der Waals surface area (Å²) < 4.78 is 12.1. The van der Waals surface area contributed by atoms with Gasteiger partial charge in [0.25, 0.3) is 0 Å². The van der Waals surface area contributed by atoms with E-state index in [1.165, 1.54) is 11.1 Å². The molecule has 2 aliphatic rings. The number of nitrogens with zero attached hydrogens (tertiary/aromatic N) is 1. The molecule has 0 saturated heterocycles. The van der Waals surface area contributed by atoms with Crippen LogP contribution in [0.4, 0.5) is 0 Å². The Morgan fingerprint density at radius 1 is 0.958 bits per heavy atom. The van der Waals surface area contributed by atoms with E-state index in [-0.39, 0.29) is 17.4 Å². The third-order valence-corrected chi connectivity index (χ3v) is 5.12. The van der Waals surface area contributed by atoms with Crippen LogP contribution in [0.25, 0.3) is 0 Å². The zero-order chi connectivity index (χ0) is 16.8. The number of rotatable bonds is 4. The van der Waals surface area contributed by atoms with E-state index >= 15 is 0 Å². The number of aliphatic imine (C=N–C) groups is 1. The van der Waals surface area contributed by atoms with Crippen molar-refractivity contribution in [1.29, 1.82) is 0 Å². The monoisotopic (exact) mass is 321 g/mol. The van der Waals surface area contributed by atoms with Gasteiger partial charge in [-0.25, -0.2) is 4.99 Å². The second-order valence-electron chi connectivity index (χ2n) is 7.28. The summed E-state index contributed by atoms with van der Waals surface area (Å²) >= 11 is 0. The van der Waals surface area contributed by atoms with Gasteiger partial charge in [0.2, 0.25) is 0 Å². The van der Waals surface area contributed by atoms with Crippen molar-refractivity contribution in [2.45, 2.75) is 30.9 Å². The number of benzene rings is 2. The van der Waals surface area contributed by atoms with Crippen LogP contribution in [0.3, 0.4) is 0 Å². The Hall–Kier alpha value is -2.13. The Morgan fingerprint density at radius 3 is 2.12 bits per heavy atom. The van der Waals surface area contributed by atoms with Gasteiger partial charge in [0.15, 0.2) is 5.90 Å². The van der Waals surface area contributed by atoms with Crippen molar-refractivity contribution >= 4 is 5.90 Å². The van der Waals surface area contributed by atoms with E-state index in [9.17, 15) is 0 Å². The summed E-state index contributed by atoms with van der Waals surface area (Å²) in [4.78, 5) is 4.84. The second-order valence-corrected chi connectivity index (χ2v) is 7.28. The highest BCUT2D eigenvalue weighted by molar-refractivity contribution is 5.88. The summed E-state index contributed by atoms with van der Waals surface area (Å²) in [5.41, 5.74) is 1.89. The standard InChI is InChI=1S/C21H23NO2/c1-20(2)14-24-19(22-20)18-17(15-10-6-4-7-11-15)21(18,23-3)16-12-8-5-9-13-16/h4-13,17-18H,14H2,1-3H3. The molecular weight excluding hydrogens is 298 g/mol. The molecule has 24 heavy (non-hydrogen) atoms. The van der Waals surface area contributed by atoms with Crippen LogP contribution in [0.5, 0.6) is 0 Å². The molecule has 1 aliphatic heterocycles. The Balaban J connectivity index is 1.81. The van der Waals surface area contributed by atoms with E-state index in [2.05, 4.69) is 62.4 Å². The van der Waals surface area contributed by atoms with Crippen LogP contribution in [-0.4, -0.2) is 25.2 Å². The smallest absolute Gasteiger partial charge is 0.191 e. The highest BCUT2D eigenvalue weighted by Gasteiger charge is 2.70. The van der Waals surface area contributed by atoms with Gasteiger partial charge in [0.1, 0.15) is 12.2 Å². The first-order valence-electron chi connectivity index (χ1n) is 8.47. The number of methoxy groups -OCH3 is 1. The lowest BCUT2D eigenvalue weighted by Crippen LogP contribution is -2.18. The lowest BCUT2D eigenvalue weighted by atomic mass is 10.0. The van der Waals surface area contributed by atoms with Crippen LogP contribution in [0.2, 0.25) is 0 Å². The van der Waals surface area contributed by atoms with Crippen LogP contribution in [0, 0.1) is 5.92 Å². The minimum Gasteiger partial charge on any atom is -0.478 e. The molecule has 0 amide bonds. The van der Waals surface area contributed by atoms with Crippen LogP contribution < -0.4 is 0 Å². The summed E-state index contributed by atoms with van der Waals surface area (Å²) in [5.74, 6) is 1.17. The fourth-order valence-corrected chi connectivity index (χ4v) is 3.99. The minimum absolute atomic E-state index is 0.120. The van der Waals surface area contributed by atoms with Crippen LogP contribution >= 0.6 is 0 Å². The summed E-state index contributed by atoms with van der Waals surface area (Å²) in [5, 5.41) is 0. The van der Waals surface area contributed by atoms with Gasteiger partial charge in [-0.15, -0.1) is 0 Å². The lowest BCUT2D eigenvalue weighted by molar-refractivity contribution is 0.0639. The molecule has 1 saturated carbocycles. The summed E-state index contributed by atoms with van der Waals surface area (Å²) in [7, 11) is 1.80. The maximum atomic E-state index is 6.13. The van der Waals surface area contributed by atoms with Crippen LogP contribution in [0.1, 0.15) is 30.9 Å². The largest absolute Gasteiger partial charge is 0.478 e. The molecule has 4 rings (SSSR count). The first-order chi connectivity index (χ1) is 11.6. The molecule has 0 N–H and O–H groups in total. The average molecular weight is 321 g/mol. The maximum Gasteiger partial charge on any atom is 0.191 e. The normalized spacial score (nSPS) is 30.5. The van der Waals surface area contributed by atoms with Crippen LogP contribution in [-0.2, 0) is 15.1 Å². The maximum absolute atomic E-state index is 6.13. The first kappa shape index (κ1) is 15.4. The summed E-state index contributed by atoms with van der Waals surface area (Å²) in [6, 6.07) is 21.0. The summed E-state index contributed by atoms with van der Waals surface area (Å²) in [6.07, 6.45) is 0. The molecule has 1 fully saturated rings. The third-order valence-electron chi connectivity index (χ3n) is 5.12. The molecule has 2 aromatic rings. The quantitative estimate of drug-likeness (QED) is 0.847. The predicted octanol–water partition coefficient (Wildman–Crippen LogP) is 4.15. The molecular formula is C21H23NO2. The van der Waals surface area contributed by atoms with Crippen molar-refractivity contribution < 1.29 is 9.47 Å². The van der Waals surface area contributed by atoms with E-state index in [0.717, 1.165) is 5.90 Å². The topological polar surface area (TPSA) is 30.8 Å². The molecule has 0 radical (unpaired) electrons. The van der Waals surface area contributed by atoms with Crippen molar-refractivity contribution in [1.82, 2.24) is 0 Å². The minimum atomic E-state index is -0.401. The second kappa shape index (κ2) is 5.45.